The molecule has 0 aromatic heterocycles. The van der Waals surface area contributed by atoms with Gasteiger partial charge < -0.3 is 90.8 Å². The second kappa shape index (κ2) is 36.3. The standard InChI is InChI=1S/C49H90N14O14S/c1-9-27(6)37(61-43(71)35-16-13-20-63(35)47(75)31(15-12-19-54-49(52)53)56-44(72)36(26(4)5)60-39(67)29(51)14-10-11-18-50)45(73)59-33(23-64)41(69)55-30(17-21-78-8)40(68)58-34(24-65)42(70)62-38(28(7)66)46(74)57-32(48(76)77)22-25(2)3/h25-38,64-66H,9-24,50-51H2,1-8H3,(H,55,69)(H,56,72)(H,57,74)(H,58,68)(H,59,73)(H,60,67)(H,61,71)(H,62,70)(H,76,77)(H4,52,53,54)/t27-,28+,29-,30-,31-,32-,33-,34-,35+,36-,37-,38-/m0/s1. The van der Waals surface area contributed by atoms with E-state index in [-0.39, 0.29) is 62.8 Å². The molecule has 1 heterocycles. The van der Waals surface area contributed by atoms with Crippen molar-refractivity contribution >= 4 is 76.9 Å². The summed E-state index contributed by atoms with van der Waals surface area (Å²) in [5, 5.41) is 60.3. The van der Waals surface area contributed by atoms with E-state index in [2.05, 4.69) is 47.5 Å². The summed E-state index contributed by atoms with van der Waals surface area (Å²) in [5.41, 5.74) is 22.7. The Morgan fingerprint density at radius 2 is 1.18 bits per heavy atom. The lowest BCUT2D eigenvalue weighted by Gasteiger charge is -2.32. The molecule has 29 heteroatoms. The van der Waals surface area contributed by atoms with E-state index in [1.807, 2.05) is 0 Å². The van der Waals surface area contributed by atoms with Crippen molar-refractivity contribution in [2.45, 2.75) is 179 Å². The van der Waals surface area contributed by atoms with Crippen LogP contribution in [0.1, 0.15) is 113 Å². The number of rotatable bonds is 37. The van der Waals surface area contributed by atoms with Crippen LogP contribution < -0.4 is 65.5 Å². The average Bonchev–Trinajstić information content (AvgIpc) is 3.88. The summed E-state index contributed by atoms with van der Waals surface area (Å²) >= 11 is 1.29. The third-order valence-electron chi connectivity index (χ3n) is 13.0. The van der Waals surface area contributed by atoms with Crippen LogP contribution >= 0.6 is 11.8 Å². The second-order valence-corrected chi connectivity index (χ2v) is 21.3. The molecule has 1 fully saturated rings. The first-order valence-corrected chi connectivity index (χ1v) is 27.9. The third-order valence-corrected chi connectivity index (χ3v) is 13.6. The molecule has 0 radical (unpaired) electrons. The zero-order valence-corrected chi connectivity index (χ0v) is 47.2. The summed E-state index contributed by atoms with van der Waals surface area (Å²) in [4.78, 5) is 140. The van der Waals surface area contributed by atoms with Gasteiger partial charge in [0.05, 0.1) is 25.4 Å². The number of nitrogens with two attached hydrogens (primary N) is 4. The van der Waals surface area contributed by atoms with E-state index in [9.17, 15) is 68.4 Å². The van der Waals surface area contributed by atoms with Crippen LogP contribution in [-0.2, 0) is 47.9 Å². The molecule has 9 amide bonds. The maximum atomic E-state index is 14.4. The fourth-order valence-electron chi connectivity index (χ4n) is 8.22. The van der Waals surface area contributed by atoms with Crippen LogP contribution in [-0.4, -0.2) is 202 Å². The van der Waals surface area contributed by atoms with Gasteiger partial charge in [-0.25, -0.2) is 4.79 Å². The molecule has 0 spiro atoms. The Labute approximate surface area is 461 Å². The molecule has 0 bridgehead atoms. The van der Waals surface area contributed by atoms with Gasteiger partial charge in [-0.05, 0) is 94.6 Å². The van der Waals surface area contributed by atoms with E-state index < -0.39 is 151 Å². The van der Waals surface area contributed by atoms with E-state index in [0.717, 1.165) is 6.92 Å². The zero-order valence-electron chi connectivity index (χ0n) is 46.4. The number of nitrogens with one attached hydrogen (secondary N) is 8. The predicted molar refractivity (Wildman–Crippen MR) is 291 cm³/mol. The van der Waals surface area contributed by atoms with Gasteiger partial charge in [-0.3, -0.25) is 48.1 Å². The Bertz CT molecular complexity index is 2010. The van der Waals surface area contributed by atoms with Gasteiger partial charge in [0.1, 0.15) is 54.4 Å². The number of aliphatic hydroxyl groups is 3. The van der Waals surface area contributed by atoms with Crippen LogP contribution in [0.25, 0.3) is 0 Å². The minimum Gasteiger partial charge on any atom is -0.480 e. The molecular formula is C49H90N14O14S. The van der Waals surface area contributed by atoms with Gasteiger partial charge in [0.25, 0.3) is 0 Å². The van der Waals surface area contributed by atoms with Crippen LogP contribution in [0, 0.1) is 17.8 Å². The Balaban J connectivity index is 3.33. The number of aliphatic imine (C=N–C) groups is 1. The Morgan fingerprint density at radius 3 is 1.71 bits per heavy atom. The smallest absolute Gasteiger partial charge is 0.326 e. The number of carbonyl (C=O) groups excluding carboxylic acids is 9. The summed E-state index contributed by atoms with van der Waals surface area (Å²) in [6.45, 7) is 10.1. The van der Waals surface area contributed by atoms with Crippen molar-refractivity contribution in [1.29, 1.82) is 0 Å². The molecule has 20 N–H and O–H groups in total. The molecule has 0 unspecified atom stereocenters. The predicted octanol–water partition coefficient (Wildman–Crippen LogP) is -4.68. The number of carboxylic acid groups (broad SMARTS) is 1. The summed E-state index contributed by atoms with van der Waals surface area (Å²) in [7, 11) is 0. The molecule has 0 aromatic rings. The largest absolute Gasteiger partial charge is 0.480 e. The topological polar surface area (TPSA) is 468 Å². The number of hydrogen-bond acceptors (Lipinski definition) is 17. The molecule has 0 saturated carbocycles. The van der Waals surface area contributed by atoms with Crippen molar-refractivity contribution in [2.24, 2.45) is 45.7 Å². The van der Waals surface area contributed by atoms with Crippen LogP contribution in [0.2, 0.25) is 0 Å². The highest BCUT2D eigenvalue weighted by Crippen LogP contribution is 2.22. The number of nitrogens with zero attached hydrogens (tertiary/aromatic N) is 2. The maximum absolute atomic E-state index is 14.4. The van der Waals surface area contributed by atoms with E-state index in [1.54, 1.807) is 47.8 Å². The first-order valence-electron chi connectivity index (χ1n) is 26.6. The van der Waals surface area contributed by atoms with Gasteiger partial charge in [-0.1, -0.05) is 54.4 Å². The van der Waals surface area contributed by atoms with Gasteiger partial charge in [0, 0.05) is 13.1 Å². The fraction of sp³-hybridized carbons (Fsp3) is 0.776. The number of likely N-dealkylation sites (tertiary alicyclic amines) is 1. The highest BCUT2D eigenvalue weighted by Gasteiger charge is 2.41. The summed E-state index contributed by atoms with van der Waals surface area (Å²) in [6.07, 6.45) is 2.88. The Morgan fingerprint density at radius 1 is 0.654 bits per heavy atom. The van der Waals surface area contributed by atoms with Gasteiger partial charge in [-0.15, -0.1) is 0 Å². The van der Waals surface area contributed by atoms with Gasteiger partial charge in [-0.2, -0.15) is 11.8 Å². The lowest BCUT2D eigenvalue weighted by atomic mass is 9.97. The van der Waals surface area contributed by atoms with Crippen molar-refractivity contribution in [3.05, 3.63) is 0 Å². The fourth-order valence-corrected chi connectivity index (χ4v) is 8.70. The number of unbranched alkanes of at least 4 members (excludes halogenated alkanes) is 1. The van der Waals surface area contributed by atoms with Crippen LogP contribution in [0.4, 0.5) is 0 Å². The van der Waals surface area contributed by atoms with Crippen LogP contribution in [0.3, 0.4) is 0 Å². The van der Waals surface area contributed by atoms with Gasteiger partial charge in [0.2, 0.25) is 53.2 Å². The molecule has 1 aliphatic heterocycles. The van der Waals surface area contributed by atoms with Crippen molar-refractivity contribution in [2.75, 3.05) is 44.9 Å². The molecule has 1 aliphatic rings. The summed E-state index contributed by atoms with van der Waals surface area (Å²) < 4.78 is 0. The number of carbonyl (C=O) groups is 10. The average molecular weight is 1130 g/mol. The molecule has 0 aromatic carbocycles. The SMILES string of the molecule is CC[C@H](C)[C@H](NC(=O)[C@H]1CCCN1C(=O)[C@H](CCCN=C(N)N)NC(=O)[C@@H](NC(=O)[C@@H](N)CCCCN)C(C)C)C(=O)N[C@@H](CO)C(=O)N[C@@H](CCSC)C(=O)N[C@@H](CO)C(=O)N[C@H](C(=O)N[C@@H](CC(C)C)C(=O)O)[C@@H](C)O. The van der Waals surface area contributed by atoms with Crippen LogP contribution in [0.15, 0.2) is 4.99 Å². The first-order chi connectivity index (χ1) is 36.7. The third kappa shape index (κ3) is 24.0. The quantitative estimate of drug-likeness (QED) is 0.0158. The minimum absolute atomic E-state index is 0.0321. The van der Waals surface area contributed by atoms with Crippen molar-refractivity contribution in [3.63, 3.8) is 0 Å². The van der Waals surface area contributed by atoms with Crippen LogP contribution in [0.5, 0.6) is 0 Å². The molecular weight excluding hydrogens is 1040 g/mol. The number of aliphatic carboxylic acids is 1. The number of aliphatic hydroxyl groups excluding tert-OH is 3. The van der Waals surface area contributed by atoms with Gasteiger partial charge >= 0.3 is 5.97 Å². The highest BCUT2D eigenvalue weighted by atomic mass is 32.2. The van der Waals surface area contributed by atoms with Gasteiger partial charge in [0.15, 0.2) is 5.96 Å². The summed E-state index contributed by atoms with van der Waals surface area (Å²) in [5.74, 6) is -10.1. The first kappa shape index (κ1) is 70.1. The lowest BCUT2D eigenvalue weighted by molar-refractivity contribution is -0.143. The van der Waals surface area contributed by atoms with E-state index in [0.29, 0.717) is 38.6 Å². The maximum Gasteiger partial charge on any atom is 0.326 e. The molecule has 28 nitrogen and oxygen atoms in total. The number of thioether (sulfide) groups is 1. The van der Waals surface area contributed by atoms with Crippen molar-refractivity contribution in [3.8, 4) is 0 Å². The Kier molecular flexibility index (Phi) is 32.7. The second-order valence-electron chi connectivity index (χ2n) is 20.3. The normalized spacial score (nSPS) is 17.5. The van der Waals surface area contributed by atoms with E-state index in [4.69, 9.17) is 22.9 Å². The monoisotopic (exact) mass is 1130 g/mol. The zero-order chi connectivity index (χ0) is 59.4. The Hall–Kier alpha value is -5.88. The molecule has 12 atom stereocenters. The number of guanidine groups is 1. The molecule has 1 saturated heterocycles. The molecule has 446 valence electrons. The number of carboxylic acids is 1. The molecule has 78 heavy (non-hydrogen) atoms. The van der Waals surface area contributed by atoms with Crippen molar-refractivity contribution in [1.82, 2.24) is 47.4 Å². The minimum atomic E-state index is -1.75. The lowest BCUT2D eigenvalue weighted by Crippen LogP contribution is -2.62. The summed E-state index contributed by atoms with van der Waals surface area (Å²) in [6, 6.07) is -13.6. The number of hydrogen-bond donors (Lipinski definition) is 16. The van der Waals surface area contributed by atoms with Crippen molar-refractivity contribution < 1.29 is 68.4 Å². The highest BCUT2D eigenvalue weighted by molar-refractivity contribution is 7.98. The molecule has 0 aliphatic carbocycles. The number of amides is 9. The molecule has 1 rings (SSSR count). The van der Waals surface area contributed by atoms with E-state index >= 15 is 0 Å². The van der Waals surface area contributed by atoms with E-state index in [1.165, 1.54) is 16.7 Å².